The molecule has 4 rings (SSSR count). The number of rotatable bonds is 9. The molecule has 0 aliphatic heterocycles. The number of carboxylic acids is 1. The Bertz CT molecular complexity index is 1410. The first-order valence-electron chi connectivity index (χ1n) is 11.3. The highest BCUT2D eigenvalue weighted by atomic mass is 19.1. The number of aliphatic carboxylic acids is 1. The van der Waals surface area contributed by atoms with Gasteiger partial charge in [0, 0.05) is 17.5 Å². The van der Waals surface area contributed by atoms with Crippen LogP contribution in [0.25, 0.3) is 22.5 Å². The summed E-state index contributed by atoms with van der Waals surface area (Å²) in [5.41, 5.74) is 2.77. The summed E-state index contributed by atoms with van der Waals surface area (Å²) in [6.07, 6.45) is 1.20. The Morgan fingerprint density at radius 2 is 1.51 bits per heavy atom. The van der Waals surface area contributed by atoms with Crippen molar-refractivity contribution in [3.05, 3.63) is 96.1 Å². The van der Waals surface area contributed by atoms with Crippen LogP contribution in [-0.2, 0) is 11.2 Å². The zero-order valence-electron chi connectivity index (χ0n) is 20.1. The van der Waals surface area contributed by atoms with Crippen molar-refractivity contribution in [3.63, 3.8) is 0 Å². The van der Waals surface area contributed by atoms with Crippen LogP contribution in [-0.4, -0.2) is 47.2 Å². The third-order valence-corrected chi connectivity index (χ3v) is 5.66. The zero-order chi connectivity index (χ0) is 26.4. The normalized spacial score (nSPS) is 11.4. The molecule has 0 aliphatic rings. The number of halogens is 1. The fourth-order valence-electron chi connectivity index (χ4n) is 3.74. The van der Waals surface area contributed by atoms with E-state index >= 15 is 0 Å². The van der Waals surface area contributed by atoms with Gasteiger partial charge >= 0.3 is 5.97 Å². The van der Waals surface area contributed by atoms with E-state index in [1.165, 1.54) is 24.4 Å². The lowest BCUT2D eigenvalue weighted by Gasteiger charge is -2.16. The van der Waals surface area contributed by atoms with Gasteiger partial charge in [-0.2, -0.15) is 0 Å². The molecule has 4 aromatic rings. The monoisotopic (exact) mass is 501 g/mol. The third-order valence-electron chi connectivity index (χ3n) is 5.66. The first-order valence-corrected chi connectivity index (χ1v) is 11.3. The molecule has 0 saturated carbocycles. The molecule has 2 N–H and O–H groups in total. The number of ether oxygens (including phenoxy) is 2. The third kappa shape index (κ3) is 6.07. The molecule has 0 aliphatic carbocycles. The number of carboxylic acid groups (broad SMARTS) is 1. The van der Waals surface area contributed by atoms with Crippen LogP contribution in [0.2, 0.25) is 0 Å². The van der Waals surface area contributed by atoms with Gasteiger partial charge in [-0.15, -0.1) is 0 Å². The predicted octanol–water partition coefficient (Wildman–Crippen LogP) is 4.39. The molecule has 8 nitrogen and oxygen atoms in total. The number of nitrogens with zero attached hydrogens (tertiary/aromatic N) is 2. The van der Waals surface area contributed by atoms with Gasteiger partial charge in [0.25, 0.3) is 5.91 Å². The van der Waals surface area contributed by atoms with Crippen LogP contribution in [0.5, 0.6) is 11.5 Å². The van der Waals surface area contributed by atoms with Crippen LogP contribution in [0.15, 0.2) is 79.0 Å². The maximum atomic E-state index is 13.6. The van der Waals surface area contributed by atoms with Crippen LogP contribution in [0, 0.1) is 5.82 Å². The van der Waals surface area contributed by atoms with Gasteiger partial charge in [-0.3, -0.25) is 9.78 Å². The quantitative estimate of drug-likeness (QED) is 0.350. The predicted molar refractivity (Wildman–Crippen MR) is 135 cm³/mol. The summed E-state index contributed by atoms with van der Waals surface area (Å²) in [5, 5.41) is 12.1. The van der Waals surface area contributed by atoms with Crippen molar-refractivity contribution in [1.82, 2.24) is 15.3 Å². The van der Waals surface area contributed by atoms with Crippen molar-refractivity contribution >= 4 is 11.9 Å². The van der Waals surface area contributed by atoms with Gasteiger partial charge in [0.2, 0.25) is 0 Å². The topological polar surface area (TPSA) is 111 Å². The van der Waals surface area contributed by atoms with Crippen molar-refractivity contribution in [2.24, 2.45) is 0 Å². The summed E-state index contributed by atoms with van der Waals surface area (Å²) in [4.78, 5) is 33.9. The van der Waals surface area contributed by atoms with E-state index in [4.69, 9.17) is 9.47 Å². The first-order chi connectivity index (χ1) is 17.9. The Labute approximate surface area is 212 Å². The summed E-state index contributed by atoms with van der Waals surface area (Å²) in [7, 11) is 3.13. The van der Waals surface area contributed by atoms with Crippen molar-refractivity contribution in [3.8, 4) is 34.0 Å². The van der Waals surface area contributed by atoms with Gasteiger partial charge in [0.15, 0.2) is 0 Å². The van der Waals surface area contributed by atoms with E-state index in [9.17, 15) is 19.1 Å². The lowest BCUT2D eigenvalue weighted by atomic mass is 10.0. The largest absolute Gasteiger partial charge is 0.497 e. The lowest BCUT2D eigenvalue weighted by molar-refractivity contribution is -0.139. The van der Waals surface area contributed by atoms with E-state index in [2.05, 4.69) is 15.3 Å². The fourth-order valence-corrected chi connectivity index (χ4v) is 3.74. The zero-order valence-corrected chi connectivity index (χ0v) is 20.1. The van der Waals surface area contributed by atoms with Gasteiger partial charge < -0.3 is 19.9 Å². The number of aromatic nitrogens is 2. The Kier molecular flexibility index (Phi) is 7.73. The minimum Gasteiger partial charge on any atom is -0.497 e. The fraction of sp³-hybridized carbons (Fsp3) is 0.143. The number of amides is 1. The summed E-state index contributed by atoms with van der Waals surface area (Å²) < 4.78 is 24.0. The number of benzene rings is 3. The van der Waals surface area contributed by atoms with E-state index in [0.29, 0.717) is 34.0 Å². The summed E-state index contributed by atoms with van der Waals surface area (Å²) in [6, 6.07) is 18.6. The van der Waals surface area contributed by atoms with Gasteiger partial charge in [-0.05, 0) is 66.2 Å². The molecule has 188 valence electrons. The summed E-state index contributed by atoms with van der Waals surface area (Å²) in [5.74, 6) is -1.13. The van der Waals surface area contributed by atoms with Crippen molar-refractivity contribution in [2.45, 2.75) is 12.5 Å². The van der Waals surface area contributed by atoms with E-state index < -0.39 is 23.7 Å². The molecule has 0 saturated heterocycles. The second-order valence-electron chi connectivity index (χ2n) is 8.11. The SMILES string of the molecule is COc1ccc(-c2ncc(C(=O)N[C@@H](Cc3cccc(F)c3)C(=O)O)nc2-c2ccc(OC)cc2)cc1. The van der Waals surface area contributed by atoms with Gasteiger partial charge in [0.1, 0.15) is 29.1 Å². The average molecular weight is 502 g/mol. The van der Waals surface area contributed by atoms with E-state index in [1.54, 1.807) is 56.7 Å². The lowest BCUT2D eigenvalue weighted by Crippen LogP contribution is -2.42. The van der Waals surface area contributed by atoms with Crippen molar-refractivity contribution in [1.29, 1.82) is 0 Å². The number of hydrogen-bond acceptors (Lipinski definition) is 6. The Hall–Kier alpha value is -4.79. The van der Waals surface area contributed by atoms with E-state index in [0.717, 1.165) is 5.56 Å². The molecule has 0 radical (unpaired) electrons. The molecule has 3 aromatic carbocycles. The molecule has 9 heteroatoms. The van der Waals surface area contributed by atoms with Gasteiger partial charge in [-0.25, -0.2) is 14.2 Å². The highest BCUT2D eigenvalue weighted by Crippen LogP contribution is 2.31. The number of hydrogen-bond donors (Lipinski definition) is 2. The second-order valence-corrected chi connectivity index (χ2v) is 8.11. The van der Waals surface area contributed by atoms with Crippen LogP contribution in [0.1, 0.15) is 16.1 Å². The molecule has 0 unspecified atom stereocenters. The minimum atomic E-state index is -1.29. The molecule has 1 heterocycles. The van der Waals surface area contributed by atoms with E-state index in [-0.39, 0.29) is 12.1 Å². The minimum absolute atomic E-state index is 0.0615. The molecule has 1 atom stereocenters. The number of carbonyl (C=O) groups is 2. The number of nitrogens with one attached hydrogen (secondary N) is 1. The first kappa shape index (κ1) is 25.3. The average Bonchev–Trinajstić information content (AvgIpc) is 2.92. The molecular weight excluding hydrogens is 477 g/mol. The highest BCUT2D eigenvalue weighted by Gasteiger charge is 2.23. The summed E-state index contributed by atoms with van der Waals surface area (Å²) in [6.45, 7) is 0. The maximum Gasteiger partial charge on any atom is 0.326 e. The summed E-state index contributed by atoms with van der Waals surface area (Å²) >= 11 is 0. The highest BCUT2D eigenvalue weighted by molar-refractivity contribution is 5.96. The van der Waals surface area contributed by atoms with Crippen molar-refractivity contribution < 1.29 is 28.6 Å². The maximum absolute atomic E-state index is 13.6. The molecule has 1 aromatic heterocycles. The standard InChI is InChI=1S/C28H24FN3O5/c1-36-21-10-6-18(7-11-21)25-26(19-8-12-22(37-2)13-9-19)31-24(16-30-25)27(33)32-23(28(34)35)15-17-4-3-5-20(29)14-17/h3-14,16,23H,15H2,1-2H3,(H,32,33)(H,34,35)/t23-/m0/s1. The van der Waals surface area contributed by atoms with Crippen LogP contribution >= 0.6 is 0 Å². The van der Waals surface area contributed by atoms with Gasteiger partial charge in [-0.1, -0.05) is 12.1 Å². The molecular formula is C28H24FN3O5. The Balaban J connectivity index is 1.68. The van der Waals surface area contributed by atoms with Gasteiger partial charge in [0.05, 0.1) is 31.8 Å². The van der Waals surface area contributed by atoms with Crippen LogP contribution < -0.4 is 14.8 Å². The number of methoxy groups -OCH3 is 2. The van der Waals surface area contributed by atoms with E-state index in [1.807, 2.05) is 12.1 Å². The number of carbonyl (C=O) groups excluding carboxylic acids is 1. The molecule has 37 heavy (non-hydrogen) atoms. The molecule has 0 bridgehead atoms. The Morgan fingerprint density at radius 3 is 2.05 bits per heavy atom. The molecule has 0 spiro atoms. The van der Waals surface area contributed by atoms with Crippen LogP contribution in [0.4, 0.5) is 4.39 Å². The van der Waals surface area contributed by atoms with Crippen LogP contribution in [0.3, 0.4) is 0 Å². The molecule has 1 amide bonds. The molecule has 0 fully saturated rings. The van der Waals surface area contributed by atoms with Crippen molar-refractivity contribution in [2.75, 3.05) is 14.2 Å². The smallest absolute Gasteiger partial charge is 0.326 e. The Morgan fingerprint density at radius 1 is 0.919 bits per heavy atom. The second kappa shape index (κ2) is 11.3.